The minimum atomic E-state index is -0.218. The molecule has 0 aromatic carbocycles. The molecule has 19 heavy (non-hydrogen) atoms. The van der Waals surface area contributed by atoms with Gasteiger partial charge in [-0.25, -0.2) is 5.84 Å². The van der Waals surface area contributed by atoms with Crippen LogP contribution in [0.25, 0.3) is 0 Å². The lowest BCUT2D eigenvalue weighted by Gasteiger charge is -2.16. The molecule has 0 radical (unpaired) electrons. The molecule has 0 spiro atoms. The van der Waals surface area contributed by atoms with Crippen molar-refractivity contribution in [1.82, 2.24) is 10.3 Å². The largest absolute Gasteiger partial charge is 0.294 e. The van der Waals surface area contributed by atoms with Gasteiger partial charge in [0.25, 0.3) is 0 Å². The smallest absolute Gasteiger partial charge is 0.233 e. The Morgan fingerprint density at radius 1 is 1.26 bits per heavy atom. The van der Waals surface area contributed by atoms with Crippen LogP contribution in [-0.2, 0) is 14.4 Å². The quantitative estimate of drug-likeness (QED) is 0.244. The summed E-state index contributed by atoms with van der Waals surface area (Å²) in [4.78, 5) is 36.6. The van der Waals surface area contributed by atoms with Crippen molar-refractivity contribution >= 4 is 17.7 Å². The van der Waals surface area contributed by atoms with Crippen LogP contribution >= 0.6 is 0 Å². The van der Waals surface area contributed by atoms with Gasteiger partial charge in [-0.15, -0.1) is 0 Å². The molecule has 1 aliphatic carbocycles. The average molecular weight is 267 g/mol. The molecule has 6 nitrogen and oxygen atoms in total. The molecule has 2 unspecified atom stereocenters. The number of unbranched alkanes of at least 4 members (excludes halogenated alkanes) is 1. The maximum atomic E-state index is 12.1. The lowest BCUT2D eigenvalue weighted by molar-refractivity contribution is -0.140. The van der Waals surface area contributed by atoms with Crippen molar-refractivity contribution in [2.75, 3.05) is 6.54 Å². The lowest BCUT2D eigenvalue weighted by atomic mass is 10.00. The van der Waals surface area contributed by atoms with E-state index in [9.17, 15) is 14.4 Å². The number of amides is 3. The van der Waals surface area contributed by atoms with Crippen molar-refractivity contribution in [3.8, 4) is 0 Å². The Labute approximate surface area is 112 Å². The van der Waals surface area contributed by atoms with Crippen LogP contribution in [0.3, 0.4) is 0 Å². The minimum Gasteiger partial charge on any atom is -0.294 e. The second-order valence-electron chi connectivity index (χ2n) is 5.64. The number of imide groups is 1. The Kier molecular flexibility index (Phi) is 4.19. The maximum Gasteiger partial charge on any atom is 0.233 e. The summed E-state index contributed by atoms with van der Waals surface area (Å²) >= 11 is 0. The number of nitrogens with zero attached hydrogens (tertiary/aromatic N) is 1. The highest BCUT2D eigenvalue weighted by molar-refractivity contribution is 6.05. The van der Waals surface area contributed by atoms with Crippen molar-refractivity contribution in [3.05, 3.63) is 0 Å². The molecule has 0 bridgehead atoms. The fourth-order valence-electron chi connectivity index (χ4n) is 3.19. The van der Waals surface area contributed by atoms with Crippen LogP contribution < -0.4 is 11.3 Å². The first-order chi connectivity index (χ1) is 9.04. The number of fused-ring (bicyclic) bond motifs is 1. The zero-order valence-electron chi connectivity index (χ0n) is 11.2. The van der Waals surface area contributed by atoms with Gasteiger partial charge >= 0.3 is 0 Å². The normalized spacial score (nSPS) is 29.8. The van der Waals surface area contributed by atoms with Crippen molar-refractivity contribution in [3.63, 3.8) is 0 Å². The molecule has 1 aliphatic heterocycles. The van der Waals surface area contributed by atoms with E-state index in [1.165, 1.54) is 4.90 Å². The van der Waals surface area contributed by atoms with Crippen molar-refractivity contribution in [1.29, 1.82) is 0 Å². The van der Waals surface area contributed by atoms with Gasteiger partial charge in [0.05, 0.1) is 11.8 Å². The number of carbonyl (C=O) groups excluding carboxylic acids is 3. The van der Waals surface area contributed by atoms with Crippen LogP contribution in [0.4, 0.5) is 0 Å². The zero-order chi connectivity index (χ0) is 14.0. The summed E-state index contributed by atoms with van der Waals surface area (Å²) in [5.41, 5.74) is 2.06. The molecule has 2 fully saturated rings. The summed E-state index contributed by atoms with van der Waals surface area (Å²) in [5, 5.41) is 0. The van der Waals surface area contributed by atoms with Crippen LogP contribution in [0.2, 0.25) is 0 Å². The number of hydrogen-bond acceptors (Lipinski definition) is 4. The van der Waals surface area contributed by atoms with E-state index in [2.05, 4.69) is 12.3 Å². The molecule has 0 aromatic heterocycles. The fourth-order valence-corrected chi connectivity index (χ4v) is 3.19. The number of nitrogens with one attached hydrogen (secondary N) is 1. The van der Waals surface area contributed by atoms with E-state index in [-0.39, 0.29) is 29.6 Å². The van der Waals surface area contributed by atoms with Gasteiger partial charge in [0, 0.05) is 13.0 Å². The number of hydrazine groups is 1. The molecule has 2 aliphatic rings. The van der Waals surface area contributed by atoms with Gasteiger partial charge in [-0.3, -0.25) is 24.7 Å². The molecule has 2 atom stereocenters. The summed E-state index contributed by atoms with van der Waals surface area (Å²) in [6.45, 7) is 2.52. The number of carbonyl (C=O) groups is 3. The van der Waals surface area contributed by atoms with E-state index in [0.717, 1.165) is 12.8 Å². The number of likely N-dealkylation sites (tertiary alicyclic amines) is 1. The van der Waals surface area contributed by atoms with Gasteiger partial charge in [0.15, 0.2) is 0 Å². The number of rotatable bonds is 5. The Balaban J connectivity index is 1.81. The van der Waals surface area contributed by atoms with Crippen LogP contribution in [-0.4, -0.2) is 29.2 Å². The van der Waals surface area contributed by atoms with E-state index in [0.29, 0.717) is 31.7 Å². The Morgan fingerprint density at radius 3 is 2.37 bits per heavy atom. The standard InChI is InChI=1S/C13H21N3O3/c1-8-6-9-10(7-8)13(19)16(12(9)18)5-3-2-4-11(17)15-14/h8-10H,2-7,14H2,1H3,(H,15,17). The van der Waals surface area contributed by atoms with Crippen LogP contribution in [0.15, 0.2) is 0 Å². The first-order valence-corrected chi connectivity index (χ1v) is 6.89. The average Bonchev–Trinajstić information content (AvgIpc) is 2.87. The third-order valence-corrected chi connectivity index (χ3v) is 4.16. The van der Waals surface area contributed by atoms with Gasteiger partial charge in [-0.1, -0.05) is 6.92 Å². The zero-order valence-corrected chi connectivity index (χ0v) is 11.2. The summed E-state index contributed by atoms with van der Waals surface area (Å²) in [6.07, 6.45) is 3.28. The minimum absolute atomic E-state index is 0.0115. The third kappa shape index (κ3) is 2.78. The SMILES string of the molecule is CC1CC2C(=O)N(CCCCC(=O)NN)C(=O)C2C1. The number of nitrogens with two attached hydrogens (primary N) is 1. The van der Waals surface area contributed by atoms with Crippen LogP contribution in [0.5, 0.6) is 0 Å². The molecule has 1 heterocycles. The van der Waals surface area contributed by atoms with E-state index >= 15 is 0 Å². The third-order valence-electron chi connectivity index (χ3n) is 4.16. The van der Waals surface area contributed by atoms with Crippen LogP contribution in [0.1, 0.15) is 39.0 Å². The molecule has 1 saturated heterocycles. The van der Waals surface area contributed by atoms with Gasteiger partial charge in [-0.05, 0) is 31.6 Å². The summed E-state index contributed by atoms with van der Waals surface area (Å²) in [5.74, 6) is 5.03. The topological polar surface area (TPSA) is 92.5 Å². The van der Waals surface area contributed by atoms with E-state index < -0.39 is 0 Å². The lowest BCUT2D eigenvalue weighted by Crippen LogP contribution is -2.33. The van der Waals surface area contributed by atoms with Gasteiger partial charge < -0.3 is 0 Å². The van der Waals surface area contributed by atoms with E-state index in [4.69, 9.17) is 5.84 Å². The Morgan fingerprint density at radius 2 is 1.84 bits per heavy atom. The van der Waals surface area contributed by atoms with Crippen molar-refractivity contribution in [2.45, 2.75) is 39.0 Å². The predicted molar refractivity (Wildman–Crippen MR) is 68.3 cm³/mol. The second kappa shape index (κ2) is 5.69. The molecular formula is C13H21N3O3. The first kappa shape index (κ1) is 14.0. The van der Waals surface area contributed by atoms with E-state index in [1.807, 2.05) is 0 Å². The Bertz CT molecular complexity index is 373. The van der Waals surface area contributed by atoms with Crippen molar-refractivity contribution < 1.29 is 14.4 Å². The van der Waals surface area contributed by atoms with Gasteiger partial charge in [-0.2, -0.15) is 0 Å². The molecule has 3 N–H and O–H groups in total. The fraction of sp³-hybridized carbons (Fsp3) is 0.769. The number of hydrogen-bond donors (Lipinski definition) is 2. The predicted octanol–water partition coefficient (Wildman–Crippen LogP) is 0.178. The molecule has 1 saturated carbocycles. The second-order valence-corrected chi connectivity index (χ2v) is 5.64. The first-order valence-electron chi connectivity index (χ1n) is 6.89. The maximum absolute atomic E-state index is 12.1. The Hall–Kier alpha value is -1.43. The monoisotopic (exact) mass is 267 g/mol. The molecule has 6 heteroatoms. The molecule has 106 valence electrons. The van der Waals surface area contributed by atoms with Crippen LogP contribution in [0, 0.1) is 17.8 Å². The highest BCUT2D eigenvalue weighted by Gasteiger charge is 2.51. The van der Waals surface area contributed by atoms with E-state index in [1.54, 1.807) is 0 Å². The summed E-state index contributed by atoms with van der Waals surface area (Å²) in [7, 11) is 0. The summed E-state index contributed by atoms with van der Waals surface area (Å²) < 4.78 is 0. The molecular weight excluding hydrogens is 246 g/mol. The summed E-state index contributed by atoms with van der Waals surface area (Å²) in [6, 6.07) is 0. The molecule has 2 rings (SSSR count). The molecule has 0 aromatic rings. The highest BCUT2D eigenvalue weighted by atomic mass is 16.2. The van der Waals surface area contributed by atoms with Gasteiger partial charge in [0.1, 0.15) is 0 Å². The van der Waals surface area contributed by atoms with Crippen molar-refractivity contribution in [2.24, 2.45) is 23.6 Å². The molecule has 3 amide bonds. The van der Waals surface area contributed by atoms with Gasteiger partial charge in [0.2, 0.25) is 17.7 Å². The highest BCUT2D eigenvalue weighted by Crippen LogP contribution is 2.42.